The Morgan fingerprint density at radius 1 is 1.31 bits per heavy atom. The predicted molar refractivity (Wildman–Crippen MR) is 69.5 cm³/mol. The van der Waals surface area contributed by atoms with Crippen LogP contribution in [0.15, 0.2) is 25.8 Å². The molecule has 0 unspecified atom stereocenters. The second kappa shape index (κ2) is 5.22. The van der Waals surface area contributed by atoms with Gasteiger partial charge in [-0.15, -0.1) is 10.2 Å². The second-order valence-corrected chi connectivity index (χ2v) is 6.32. The fraction of sp³-hybridized carbons (Fsp3) is 0.125. The molecule has 0 amide bonds. The molecule has 2 N–H and O–H groups in total. The van der Waals surface area contributed by atoms with Crippen LogP contribution in [0.5, 0.6) is 0 Å². The Hall–Kier alpha value is -0.500. The van der Waals surface area contributed by atoms with Crippen LogP contribution in [0.4, 0.5) is 5.69 Å². The van der Waals surface area contributed by atoms with Crippen LogP contribution in [-0.4, -0.2) is 21.4 Å². The fourth-order valence-electron chi connectivity index (χ4n) is 0.914. The van der Waals surface area contributed by atoms with E-state index in [0.717, 1.165) is 8.68 Å². The molecule has 84 valence electrons. The molecule has 0 fully saturated rings. The first-order chi connectivity index (χ1) is 7.69. The smallest absolute Gasteiger partial charge is 0.181 e. The molecular weight excluding hydrogens is 284 g/mol. The number of nitrogens with zero attached hydrogens (tertiary/aromatic N) is 3. The van der Waals surface area contributed by atoms with Crippen LogP contribution in [-0.2, 0) is 0 Å². The van der Waals surface area contributed by atoms with E-state index in [1.54, 1.807) is 23.9 Å². The number of thioether (sulfide) groups is 1. The summed E-state index contributed by atoms with van der Waals surface area (Å²) < 4.78 is 1.73. The van der Waals surface area contributed by atoms with E-state index in [2.05, 4.69) is 15.2 Å². The van der Waals surface area contributed by atoms with E-state index in [0.29, 0.717) is 15.9 Å². The van der Waals surface area contributed by atoms with Gasteiger partial charge in [-0.05, 0) is 30.2 Å². The number of nitrogens with two attached hydrogens (primary N) is 1. The minimum Gasteiger partial charge on any atom is -0.397 e. The third-order valence-electron chi connectivity index (χ3n) is 1.60. The summed E-state index contributed by atoms with van der Waals surface area (Å²) in [5.74, 6) is 0. The topological polar surface area (TPSA) is 64.7 Å². The summed E-state index contributed by atoms with van der Waals surface area (Å²) in [5, 5.41) is 9.10. The fourth-order valence-corrected chi connectivity index (χ4v) is 3.49. The zero-order valence-electron chi connectivity index (χ0n) is 8.18. The first kappa shape index (κ1) is 12.0. The maximum Gasteiger partial charge on any atom is 0.181 e. The summed E-state index contributed by atoms with van der Waals surface area (Å²) in [7, 11) is 0. The van der Waals surface area contributed by atoms with Gasteiger partial charge in [0.25, 0.3) is 0 Å². The lowest BCUT2D eigenvalue weighted by Crippen LogP contribution is -1.91. The number of anilines is 1. The summed E-state index contributed by atoms with van der Waals surface area (Å²) in [5.41, 5.74) is 6.38. The highest BCUT2D eigenvalue weighted by atomic mass is 35.5. The minimum absolute atomic E-state index is 0.423. The molecule has 8 heteroatoms. The van der Waals surface area contributed by atoms with Crippen LogP contribution >= 0.6 is 46.5 Å². The highest BCUT2D eigenvalue weighted by Crippen LogP contribution is 2.34. The van der Waals surface area contributed by atoms with E-state index in [4.69, 9.17) is 17.3 Å². The molecule has 0 aliphatic carbocycles. The number of hydrogen-bond donors (Lipinski definition) is 1. The molecule has 0 spiro atoms. The van der Waals surface area contributed by atoms with Gasteiger partial charge in [0.05, 0.1) is 5.69 Å². The van der Waals surface area contributed by atoms with Crippen molar-refractivity contribution in [1.29, 1.82) is 0 Å². The monoisotopic (exact) mass is 290 g/mol. The highest BCUT2D eigenvalue weighted by Gasteiger charge is 2.09. The Morgan fingerprint density at radius 2 is 2.06 bits per heavy atom. The first-order valence-electron chi connectivity index (χ1n) is 4.16. The van der Waals surface area contributed by atoms with E-state index < -0.39 is 0 Å². The van der Waals surface area contributed by atoms with Gasteiger partial charge in [0, 0.05) is 0 Å². The number of aromatic nitrogens is 3. The Labute approximate surface area is 110 Å². The van der Waals surface area contributed by atoms with E-state index in [-0.39, 0.29) is 0 Å². The molecular formula is C8H7ClN4S3. The molecule has 2 aromatic rings. The number of halogens is 1. The Kier molecular flexibility index (Phi) is 3.91. The van der Waals surface area contributed by atoms with Crippen molar-refractivity contribution < 1.29 is 0 Å². The highest BCUT2D eigenvalue weighted by molar-refractivity contribution is 8.03. The number of pyridine rings is 1. The van der Waals surface area contributed by atoms with E-state index in [1.807, 2.05) is 6.26 Å². The first-order valence-corrected chi connectivity index (χ1v) is 7.40. The van der Waals surface area contributed by atoms with Crippen molar-refractivity contribution in [2.24, 2.45) is 0 Å². The number of hydrogen-bond acceptors (Lipinski definition) is 7. The lowest BCUT2D eigenvalue weighted by Gasteiger charge is -2.01. The minimum atomic E-state index is 0.423. The molecule has 2 aromatic heterocycles. The molecule has 4 nitrogen and oxygen atoms in total. The average molecular weight is 291 g/mol. The molecule has 0 aromatic carbocycles. The van der Waals surface area contributed by atoms with Crippen LogP contribution in [0.25, 0.3) is 0 Å². The molecule has 0 saturated carbocycles. The summed E-state index contributed by atoms with van der Waals surface area (Å²) in [6, 6.07) is 3.39. The predicted octanol–water partition coefficient (Wildman–Crippen LogP) is 3.04. The maximum absolute atomic E-state index is 5.80. The molecule has 2 heterocycles. The summed E-state index contributed by atoms with van der Waals surface area (Å²) in [6.07, 6.45) is 1.96. The zero-order chi connectivity index (χ0) is 11.5. The van der Waals surface area contributed by atoms with Gasteiger partial charge in [0.2, 0.25) is 0 Å². The van der Waals surface area contributed by atoms with Gasteiger partial charge in [-0.25, -0.2) is 4.98 Å². The number of nitrogen functional groups attached to an aromatic ring is 1. The third kappa shape index (κ3) is 2.79. The van der Waals surface area contributed by atoms with Crippen molar-refractivity contribution in [1.82, 2.24) is 15.2 Å². The van der Waals surface area contributed by atoms with E-state index >= 15 is 0 Å². The summed E-state index contributed by atoms with van der Waals surface area (Å²) >= 11 is 10.2. The standard InChI is InChI=1S/C8H7ClN4S3/c1-14-7-12-13-8(16-7)15-6-4(10)2-3-5(9)11-6/h2-3H,10H2,1H3. The quantitative estimate of drug-likeness (QED) is 0.692. The van der Waals surface area contributed by atoms with Gasteiger partial charge < -0.3 is 5.73 Å². The molecule has 0 saturated heterocycles. The molecule has 0 aliphatic rings. The van der Waals surface area contributed by atoms with E-state index in [9.17, 15) is 0 Å². The van der Waals surface area contributed by atoms with Gasteiger partial charge in [-0.1, -0.05) is 34.7 Å². The van der Waals surface area contributed by atoms with Crippen LogP contribution < -0.4 is 5.73 Å². The lowest BCUT2D eigenvalue weighted by molar-refractivity contribution is 0.954. The Balaban J connectivity index is 2.22. The Morgan fingerprint density at radius 3 is 2.75 bits per heavy atom. The van der Waals surface area contributed by atoms with Gasteiger partial charge in [-0.2, -0.15) is 0 Å². The third-order valence-corrected chi connectivity index (χ3v) is 4.78. The van der Waals surface area contributed by atoms with Gasteiger partial charge in [0.15, 0.2) is 8.68 Å². The molecule has 0 bridgehead atoms. The van der Waals surface area contributed by atoms with Crippen molar-refractivity contribution >= 4 is 52.1 Å². The molecule has 0 radical (unpaired) electrons. The largest absolute Gasteiger partial charge is 0.397 e. The lowest BCUT2D eigenvalue weighted by atomic mass is 10.4. The SMILES string of the molecule is CSc1nnc(Sc2nc(Cl)ccc2N)s1. The van der Waals surface area contributed by atoms with Crippen molar-refractivity contribution in [3.8, 4) is 0 Å². The summed E-state index contributed by atoms with van der Waals surface area (Å²) in [6.45, 7) is 0. The van der Waals surface area contributed by atoms with Crippen LogP contribution in [0.1, 0.15) is 0 Å². The number of rotatable bonds is 3. The maximum atomic E-state index is 5.80. The van der Waals surface area contributed by atoms with Crippen molar-refractivity contribution in [2.45, 2.75) is 13.7 Å². The molecule has 2 rings (SSSR count). The van der Waals surface area contributed by atoms with Crippen LogP contribution in [0.2, 0.25) is 5.15 Å². The van der Waals surface area contributed by atoms with Crippen LogP contribution in [0, 0.1) is 0 Å². The molecule has 16 heavy (non-hydrogen) atoms. The molecule has 0 atom stereocenters. The van der Waals surface area contributed by atoms with Crippen molar-refractivity contribution in [3.05, 3.63) is 17.3 Å². The van der Waals surface area contributed by atoms with Gasteiger partial charge in [-0.3, -0.25) is 0 Å². The van der Waals surface area contributed by atoms with Crippen molar-refractivity contribution in [2.75, 3.05) is 12.0 Å². The normalized spacial score (nSPS) is 10.6. The van der Waals surface area contributed by atoms with Gasteiger partial charge in [0.1, 0.15) is 10.2 Å². The second-order valence-electron chi connectivity index (χ2n) is 2.67. The Bertz CT molecular complexity index is 502. The van der Waals surface area contributed by atoms with E-state index in [1.165, 1.54) is 23.1 Å². The summed E-state index contributed by atoms with van der Waals surface area (Å²) in [4.78, 5) is 4.14. The zero-order valence-corrected chi connectivity index (χ0v) is 11.4. The van der Waals surface area contributed by atoms with Crippen molar-refractivity contribution in [3.63, 3.8) is 0 Å². The average Bonchev–Trinajstić information content (AvgIpc) is 2.71. The molecule has 0 aliphatic heterocycles. The van der Waals surface area contributed by atoms with Gasteiger partial charge >= 0.3 is 0 Å². The van der Waals surface area contributed by atoms with Crippen LogP contribution in [0.3, 0.4) is 0 Å².